The van der Waals surface area contributed by atoms with Crippen molar-refractivity contribution in [2.45, 2.75) is 102 Å². The van der Waals surface area contributed by atoms with Crippen LogP contribution >= 0.6 is 11.8 Å². The Morgan fingerprint density at radius 2 is 1.03 bits per heavy atom. The van der Waals surface area contributed by atoms with Gasteiger partial charge in [0, 0.05) is 0 Å². The summed E-state index contributed by atoms with van der Waals surface area (Å²) in [6, 6.07) is 11.8. The molecule has 0 bridgehead atoms. The molecule has 0 aliphatic heterocycles. The summed E-state index contributed by atoms with van der Waals surface area (Å²) in [5, 5.41) is 20.7. The monoisotopic (exact) mass is 442 g/mol. The molecule has 0 amide bonds. The summed E-state index contributed by atoms with van der Waals surface area (Å²) in [6.07, 6.45) is 12.1. The van der Waals surface area contributed by atoms with Crippen molar-refractivity contribution in [3.63, 3.8) is 0 Å². The lowest BCUT2D eigenvalue weighted by atomic mass is 10.0. The van der Waals surface area contributed by atoms with Crippen LogP contribution in [-0.2, 0) is 12.8 Å². The van der Waals surface area contributed by atoms with Gasteiger partial charge in [0.05, 0.1) is 9.79 Å². The van der Waals surface area contributed by atoms with Crippen molar-refractivity contribution in [2.75, 3.05) is 0 Å². The summed E-state index contributed by atoms with van der Waals surface area (Å²) in [5.74, 6) is 2.12. The number of phenols is 2. The van der Waals surface area contributed by atoms with Crippen LogP contribution in [-0.4, -0.2) is 10.2 Å². The molecule has 0 heterocycles. The van der Waals surface area contributed by atoms with Gasteiger partial charge in [-0.25, -0.2) is 0 Å². The molecule has 0 saturated carbocycles. The highest BCUT2D eigenvalue weighted by atomic mass is 32.2. The number of aromatic hydroxyl groups is 2. The molecular weight excluding hydrogens is 400 g/mol. The first-order valence-electron chi connectivity index (χ1n) is 12.2. The summed E-state index contributed by atoms with van der Waals surface area (Å²) >= 11 is 1.46. The fraction of sp³-hybridized carbons (Fsp3) is 0.571. The molecule has 0 aliphatic rings. The van der Waals surface area contributed by atoms with Gasteiger partial charge in [0.15, 0.2) is 0 Å². The SMILES string of the molecule is CC(C)CCCCCc1ccc(O)c(Sc2cc(CCCCCC(C)C)ccc2O)c1. The first kappa shape index (κ1) is 25.6. The fourth-order valence-electron chi connectivity index (χ4n) is 3.83. The second kappa shape index (κ2) is 13.7. The Balaban J connectivity index is 1.93. The van der Waals surface area contributed by atoms with E-state index in [4.69, 9.17) is 0 Å². The number of aryl methyl sites for hydroxylation is 2. The zero-order chi connectivity index (χ0) is 22.6. The minimum Gasteiger partial charge on any atom is -0.507 e. The van der Waals surface area contributed by atoms with Crippen molar-refractivity contribution < 1.29 is 10.2 Å². The van der Waals surface area contributed by atoms with Crippen LogP contribution in [0.15, 0.2) is 46.2 Å². The van der Waals surface area contributed by atoms with Crippen molar-refractivity contribution in [3.8, 4) is 11.5 Å². The number of unbranched alkanes of at least 4 members (excludes halogenated alkanes) is 4. The second-order valence-corrected chi connectivity index (χ2v) is 10.8. The van der Waals surface area contributed by atoms with Gasteiger partial charge in [-0.1, -0.05) is 90.1 Å². The maximum absolute atomic E-state index is 10.4. The zero-order valence-electron chi connectivity index (χ0n) is 20.0. The summed E-state index contributed by atoms with van der Waals surface area (Å²) in [4.78, 5) is 1.65. The molecule has 2 aromatic carbocycles. The summed E-state index contributed by atoms with van der Waals surface area (Å²) in [5.41, 5.74) is 2.51. The Morgan fingerprint density at radius 1 is 0.613 bits per heavy atom. The van der Waals surface area contributed by atoms with Crippen molar-refractivity contribution in [1.82, 2.24) is 0 Å². The Hall–Kier alpha value is -1.61. The average Bonchev–Trinajstić information content (AvgIpc) is 2.71. The van der Waals surface area contributed by atoms with Crippen LogP contribution in [0.1, 0.15) is 90.2 Å². The van der Waals surface area contributed by atoms with E-state index in [1.807, 2.05) is 12.1 Å². The van der Waals surface area contributed by atoms with Crippen LogP contribution in [0.25, 0.3) is 0 Å². The van der Waals surface area contributed by atoms with Crippen molar-refractivity contribution in [2.24, 2.45) is 11.8 Å². The lowest BCUT2D eigenvalue weighted by molar-refractivity contribution is 0.459. The van der Waals surface area contributed by atoms with Crippen molar-refractivity contribution >= 4 is 11.8 Å². The van der Waals surface area contributed by atoms with Gasteiger partial charge in [0.25, 0.3) is 0 Å². The van der Waals surface area contributed by atoms with E-state index >= 15 is 0 Å². The minimum absolute atomic E-state index is 0.284. The topological polar surface area (TPSA) is 40.5 Å². The van der Waals surface area contributed by atoms with E-state index in [9.17, 15) is 10.2 Å². The molecule has 0 atom stereocenters. The van der Waals surface area contributed by atoms with E-state index in [2.05, 4.69) is 39.8 Å². The summed E-state index contributed by atoms with van der Waals surface area (Å²) in [6.45, 7) is 9.11. The Kier molecular flexibility index (Phi) is 11.4. The van der Waals surface area contributed by atoms with E-state index < -0.39 is 0 Å². The largest absolute Gasteiger partial charge is 0.507 e. The van der Waals surface area contributed by atoms with E-state index in [1.165, 1.54) is 74.3 Å². The Morgan fingerprint density at radius 3 is 1.42 bits per heavy atom. The second-order valence-electron chi connectivity index (χ2n) is 9.69. The molecule has 3 heteroatoms. The van der Waals surface area contributed by atoms with Crippen molar-refractivity contribution in [1.29, 1.82) is 0 Å². The molecule has 172 valence electrons. The van der Waals surface area contributed by atoms with E-state index in [1.54, 1.807) is 12.1 Å². The normalized spacial score (nSPS) is 11.5. The smallest absolute Gasteiger partial charge is 0.129 e. The van der Waals surface area contributed by atoms with Gasteiger partial charge >= 0.3 is 0 Å². The Labute approximate surface area is 194 Å². The molecule has 0 radical (unpaired) electrons. The third-order valence-electron chi connectivity index (χ3n) is 5.76. The number of hydrogen-bond donors (Lipinski definition) is 2. The standard InChI is InChI=1S/C28H42O2S/c1-21(2)11-7-5-9-13-23-15-17-25(29)27(19-23)31-28-20-24(16-18-26(28)30)14-10-6-8-12-22(3)4/h15-22,29-30H,5-14H2,1-4H3. The van der Waals surface area contributed by atoms with Gasteiger partial charge in [0.2, 0.25) is 0 Å². The zero-order valence-corrected chi connectivity index (χ0v) is 20.8. The van der Waals surface area contributed by atoms with Gasteiger partial charge in [0.1, 0.15) is 11.5 Å². The first-order valence-corrected chi connectivity index (χ1v) is 13.0. The van der Waals surface area contributed by atoms with Crippen LogP contribution in [0.5, 0.6) is 11.5 Å². The molecule has 2 rings (SSSR count). The molecule has 2 nitrogen and oxygen atoms in total. The van der Waals surface area contributed by atoms with Crippen LogP contribution in [0.2, 0.25) is 0 Å². The van der Waals surface area contributed by atoms with Gasteiger partial charge in [-0.3, -0.25) is 0 Å². The first-order chi connectivity index (χ1) is 14.8. The van der Waals surface area contributed by atoms with Gasteiger partial charge in [-0.05, 0) is 72.9 Å². The predicted molar refractivity (Wildman–Crippen MR) is 134 cm³/mol. The number of phenolic OH excluding ortho intramolecular Hbond substituents is 2. The number of hydrogen-bond acceptors (Lipinski definition) is 3. The molecule has 0 unspecified atom stereocenters. The van der Waals surface area contributed by atoms with Crippen LogP contribution in [0.3, 0.4) is 0 Å². The van der Waals surface area contributed by atoms with E-state index in [0.29, 0.717) is 0 Å². The van der Waals surface area contributed by atoms with Crippen LogP contribution < -0.4 is 0 Å². The Bertz CT molecular complexity index is 717. The van der Waals surface area contributed by atoms with Gasteiger partial charge < -0.3 is 10.2 Å². The molecule has 0 spiro atoms. The fourth-order valence-corrected chi connectivity index (χ4v) is 4.83. The highest BCUT2D eigenvalue weighted by molar-refractivity contribution is 7.99. The third-order valence-corrected chi connectivity index (χ3v) is 6.86. The number of rotatable bonds is 14. The molecule has 31 heavy (non-hydrogen) atoms. The maximum atomic E-state index is 10.4. The minimum atomic E-state index is 0.284. The molecule has 0 saturated heterocycles. The van der Waals surface area contributed by atoms with E-state index in [0.717, 1.165) is 34.5 Å². The van der Waals surface area contributed by atoms with Crippen molar-refractivity contribution in [3.05, 3.63) is 47.5 Å². The van der Waals surface area contributed by atoms with Crippen LogP contribution in [0, 0.1) is 11.8 Å². The molecule has 0 aliphatic carbocycles. The lowest BCUT2D eigenvalue weighted by Gasteiger charge is -2.11. The highest BCUT2D eigenvalue weighted by Crippen LogP contribution is 2.40. The average molecular weight is 443 g/mol. The number of benzene rings is 2. The maximum Gasteiger partial charge on any atom is 0.129 e. The van der Waals surface area contributed by atoms with E-state index in [-0.39, 0.29) is 11.5 Å². The molecule has 0 aromatic heterocycles. The lowest BCUT2D eigenvalue weighted by Crippen LogP contribution is -1.91. The molecule has 2 aromatic rings. The highest BCUT2D eigenvalue weighted by Gasteiger charge is 2.10. The molecule has 0 fully saturated rings. The van der Waals surface area contributed by atoms with Gasteiger partial charge in [-0.15, -0.1) is 0 Å². The van der Waals surface area contributed by atoms with Gasteiger partial charge in [-0.2, -0.15) is 0 Å². The van der Waals surface area contributed by atoms with Crippen LogP contribution in [0.4, 0.5) is 0 Å². The molecule has 2 N–H and O–H groups in total. The molecular formula is C28H42O2S. The quantitative estimate of drug-likeness (QED) is 0.287. The third kappa shape index (κ3) is 10.0. The predicted octanol–water partition coefficient (Wildman–Crippen LogP) is 8.77. The summed E-state index contributed by atoms with van der Waals surface area (Å²) in [7, 11) is 0. The summed E-state index contributed by atoms with van der Waals surface area (Å²) < 4.78 is 0.